The number of methoxy groups -OCH3 is 1. The minimum atomic E-state index is -0.713. The molecular formula is C20H24ClNO5. The van der Waals surface area contributed by atoms with Gasteiger partial charge in [0.15, 0.2) is 17.3 Å². The highest BCUT2D eigenvalue weighted by Gasteiger charge is 2.28. The third-order valence-electron chi connectivity index (χ3n) is 3.99. The van der Waals surface area contributed by atoms with Crippen molar-refractivity contribution in [3.63, 3.8) is 0 Å². The van der Waals surface area contributed by atoms with Gasteiger partial charge in [0.2, 0.25) is 0 Å². The lowest BCUT2D eigenvalue weighted by Gasteiger charge is -2.25. The summed E-state index contributed by atoms with van der Waals surface area (Å²) >= 11 is 0. The van der Waals surface area contributed by atoms with Gasteiger partial charge in [0.1, 0.15) is 5.75 Å². The fourth-order valence-electron chi connectivity index (χ4n) is 2.22. The van der Waals surface area contributed by atoms with E-state index >= 15 is 0 Å². The van der Waals surface area contributed by atoms with Crippen LogP contribution in [0.1, 0.15) is 41.5 Å². The van der Waals surface area contributed by atoms with Crippen molar-refractivity contribution < 1.29 is 24.2 Å². The Balaban J connectivity index is 0.00000364. The molecule has 0 amide bonds. The first-order valence-electron chi connectivity index (χ1n) is 8.12. The SMILES string of the molecule is COc1ccc(C(=O)Oc2ccc(C(=O)C(N)C(C)(C)C)cc2O)cc1.Cl. The van der Waals surface area contributed by atoms with Crippen LogP contribution in [0.3, 0.4) is 0 Å². The van der Waals surface area contributed by atoms with Gasteiger partial charge < -0.3 is 20.3 Å². The fraction of sp³-hybridized carbons (Fsp3) is 0.300. The number of hydrogen-bond donors (Lipinski definition) is 2. The number of nitrogens with two attached hydrogens (primary N) is 1. The Morgan fingerprint density at radius 2 is 1.59 bits per heavy atom. The summed E-state index contributed by atoms with van der Waals surface area (Å²) in [4.78, 5) is 24.6. The first kappa shape index (κ1) is 22.5. The van der Waals surface area contributed by atoms with Gasteiger partial charge in [-0.2, -0.15) is 0 Å². The molecule has 0 aliphatic carbocycles. The maximum atomic E-state index is 12.4. The molecule has 0 saturated heterocycles. The van der Waals surface area contributed by atoms with E-state index in [0.717, 1.165) is 0 Å². The number of halogens is 1. The first-order valence-corrected chi connectivity index (χ1v) is 8.12. The topological polar surface area (TPSA) is 98.9 Å². The quantitative estimate of drug-likeness (QED) is 0.457. The molecule has 1 atom stereocenters. The summed E-state index contributed by atoms with van der Waals surface area (Å²) in [6.07, 6.45) is 0. The molecule has 0 bridgehead atoms. The maximum absolute atomic E-state index is 12.4. The first-order chi connectivity index (χ1) is 12.1. The van der Waals surface area contributed by atoms with Crippen molar-refractivity contribution in [3.05, 3.63) is 53.6 Å². The van der Waals surface area contributed by atoms with E-state index < -0.39 is 17.4 Å². The van der Waals surface area contributed by atoms with Gasteiger partial charge in [-0.15, -0.1) is 12.4 Å². The van der Waals surface area contributed by atoms with Crippen LogP contribution in [-0.4, -0.2) is 30.0 Å². The molecule has 6 nitrogen and oxygen atoms in total. The average molecular weight is 394 g/mol. The van der Waals surface area contributed by atoms with Crippen LogP contribution in [0.5, 0.6) is 17.2 Å². The van der Waals surface area contributed by atoms with Gasteiger partial charge in [0.25, 0.3) is 0 Å². The lowest BCUT2D eigenvalue weighted by molar-refractivity contribution is 0.0729. The Morgan fingerprint density at radius 1 is 1.04 bits per heavy atom. The number of phenolic OH excluding ortho intramolecular Hbond substituents is 1. The fourth-order valence-corrected chi connectivity index (χ4v) is 2.22. The second-order valence-corrected chi connectivity index (χ2v) is 7.01. The van der Waals surface area contributed by atoms with Crippen LogP contribution >= 0.6 is 12.4 Å². The summed E-state index contributed by atoms with van der Waals surface area (Å²) in [5.41, 5.74) is 6.12. The molecule has 7 heteroatoms. The lowest BCUT2D eigenvalue weighted by atomic mass is 9.83. The van der Waals surface area contributed by atoms with Crippen molar-refractivity contribution in [2.75, 3.05) is 7.11 Å². The molecule has 0 fully saturated rings. The third-order valence-corrected chi connectivity index (χ3v) is 3.99. The summed E-state index contributed by atoms with van der Waals surface area (Å²) in [5, 5.41) is 10.1. The summed E-state index contributed by atoms with van der Waals surface area (Å²) in [6, 6.07) is 9.76. The monoisotopic (exact) mass is 393 g/mol. The molecule has 27 heavy (non-hydrogen) atoms. The van der Waals surface area contributed by atoms with E-state index in [-0.39, 0.29) is 35.3 Å². The molecule has 0 radical (unpaired) electrons. The van der Waals surface area contributed by atoms with Crippen LogP contribution in [0.4, 0.5) is 0 Å². The zero-order valence-corrected chi connectivity index (χ0v) is 16.5. The minimum absolute atomic E-state index is 0. The number of benzene rings is 2. The number of carbonyl (C=O) groups excluding carboxylic acids is 2. The molecule has 0 heterocycles. The van der Waals surface area contributed by atoms with E-state index in [2.05, 4.69) is 0 Å². The van der Waals surface area contributed by atoms with E-state index in [1.54, 1.807) is 24.3 Å². The molecule has 2 rings (SSSR count). The number of ketones is 1. The molecule has 146 valence electrons. The molecule has 0 spiro atoms. The highest BCUT2D eigenvalue weighted by molar-refractivity contribution is 6.01. The number of rotatable bonds is 5. The summed E-state index contributed by atoms with van der Waals surface area (Å²) in [5.74, 6) is -0.651. The second kappa shape index (κ2) is 8.88. The Morgan fingerprint density at radius 3 is 2.07 bits per heavy atom. The highest BCUT2D eigenvalue weighted by Crippen LogP contribution is 2.29. The minimum Gasteiger partial charge on any atom is -0.504 e. The van der Waals surface area contributed by atoms with Crippen LogP contribution in [-0.2, 0) is 0 Å². The Bertz CT molecular complexity index is 812. The Hall–Kier alpha value is -2.57. The predicted molar refractivity (Wildman–Crippen MR) is 105 cm³/mol. The van der Waals surface area contributed by atoms with Crippen LogP contribution in [0.15, 0.2) is 42.5 Å². The zero-order chi connectivity index (χ0) is 19.5. The van der Waals surface area contributed by atoms with E-state index in [1.807, 2.05) is 20.8 Å². The molecule has 0 aliphatic rings. The number of hydrogen-bond acceptors (Lipinski definition) is 6. The number of Topliss-reactive ketones (excluding diaryl/α,β-unsaturated/α-hetero) is 1. The molecule has 1 unspecified atom stereocenters. The van der Waals surface area contributed by atoms with Crippen molar-refractivity contribution >= 4 is 24.2 Å². The van der Waals surface area contributed by atoms with Gasteiger partial charge >= 0.3 is 5.97 Å². The van der Waals surface area contributed by atoms with Crippen molar-refractivity contribution in [3.8, 4) is 17.2 Å². The van der Waals surface area contributed by atoms with Crippen LogP contribution in [0, 0.1) is 5.41 Å². The summed E-state index contributed by atoms with van der Waals surface area (Å²) in [6.45, 7) is 5.58. The van der Waals surface area contributed by atoms with Crippen molar-refractivity contribution in [2.24, 2.45) is 11.1 Å². The smallest absolute Gasteiger partial charge is 0.343 e. The van der Waals surface area contributed by atoms with Gasteiger partial charge in [-0.25, -0.2) is 4.79 Å². The molecular weight excluding hydrogens is 370 g/mol. The van der Waals surface area contributed by atoms with Gasteiger partial charge in [-0.3, -0.25) is 4.79 Å². The highest BCUT2D eigenvalue weighted by atomic mass is 35.5. The maximum Gasteiger partial charge on any atom is 0.343 e. The number of phenols is 1. The molecule has 0 saturated carbocycles. The van der Waals surface area contributed by atoms with Crippen LogP contribution in [0.25, 0.3) is 0 Å². The van der Waals surface area contributed by atoms with E-state index in [9.17, 15) is 14.7 Å². The van der Waals surface area contributed by atoms with Crippen molar-refractivity contribution in [1.82, 2.24) is 0 Å². The Kier molecular flexibility index (Phi) is 7.39. The number of esters is 1. The zero-order valence-electron chi connectivity index (χ0n) is 15.7. The second-order valence-electron chi connectivity index (χ2n) is 7.01. The van der Waals surface area contributed by atoms with Gasteiger partial charge in [-0.05, 0) is 47.9 Å². The van der Waals surface area contributed by atoms with Crippen LogP contribution in [0.2, 0.25) is 0 Å². The lowest BCUT2D eigenvalue weighted by Crippen LogP contribution is -2.42. The van der Waals surface area contributed by atoms with Gasteiger partial charge in [0, 0.05) is 5.56 Å². The van der Waals surface area contributed by atoms with Gasteiger partial charge in [-0.1, -0.05) is 20.8 Å². The molecule has 2 aromatic rings. The average Bonchev–Trinajstić information content (AvgIpc) is 2.61. The number of carbonyl (C=O) groups is 2. The summed E-state index contributed by atoms with van der Waals surface area (Å²) in [7, 11) is 1.53. The van der Waals surface area contributed by atoms with E-state index in [1.165, 1.54) is 25.3 Å². The van der Waals surface area contributed by atoms with E-state index in [0.29, 0.717) is 11.3 Å². The molecule has 0 aliphatic heterocycles. The van der Waals surface area contributed by atoms with Crippen LogP contribution < -0.4 is 15.2 Å². The van der Waals surface area contributed by atoms with E-state index in [4.69, 9.17) is 15.2 Å². The predicted octanol–water partition coefficient (Wildman–Crippen LogP) is 3.60. The van der Waals surface area contributed by atoms with Gasteiger partial charge in [0.05, 0.1) is 18.7 Å². The molecule has 0 aromatic heterocycles. The standard InChI is InChI=1S/C20H23NO5.ClH/c1-20(2,3)18(21)17(23)13-7-10-16(15(22)11-13)26-19(24)12-5-8-14(25-4)9-6-12;/h5-11,18,22H,21H2,1-4H3;1H. The molecule has 3 N–H and O–H groups in total. The Labute approximate surface area is 164 Å². The van der Waals surface area contributed by atoms with Crippen molar-refractivity contribution in [1.29, 1.82) is 0 Å². The number of ether oxygens (including phenoxy) is 2. The normalized spacial score (nSPS) is 11.9. The third kappa shape index (κ3) is 5.45. The summed E-state index contributed by atoms with van der Waals surface area (Å²) < 4.78 is 10.2. The molecule has 2 aromatic carbocycles. The van der Waals surface area contributed by atoms with Crippen molar-refractivity contribution in [2.45, 2.75) is 26.8 Å². The largest absolute Gasteiger partial charge is 0.504 e. The number of aromatic hydroxyl groups is 1.